The molecule has 0 atom stereocenters. The molecule has 0 saturated heterocycles. The lowest BCUT2D eigenvalue weighted by atomic mass is 10.2. The van der Waals surface area contributed by atoms with Crippen LogP contribution in [0.3, 0.4) is 0 Å². The van der Waals surface area contributed by atoms with E-state index in [9.17, 15) is 4.79 Å². The van der Waals surface area contributed by atoms with Gasteiger partial charge in [0.2, 0.25) is 0 Å². The zero-order valence-electron chi connectivity index (χ0n) is 15.8. The van der Waals surface area contributed by atoms with Gasteiger partial charge >= 0.3 is 0 Å². The van der Waals surface area contributed by atoms with Gasteiger partial charge < -0.3 is 9.88 Å². The monoisotopic (exact) mass is 371 g/mol. The molecule has 0 aliphatic carbocycles. The molecule has 0 radical (unpaired) electrons. The number of nitrogens with zero attached hydrogens (tertiary/aromatic N) is 4. The first-order valence-corrected chi connectivity index (χ1v) is 9.09. The van der Waals surface area contributed by atoms with Crippen LogP contribution in [0, 0.1) is 13.8 Å². The zero-order chi connectivity index (χ0) is 19.5. The van der Waals surface area contributed by atoms with E-state index in [-0.39, 0.29) is 5.91 Å². The van der Waals surface area contributed by atoms with E-state index in [0.29, 0.717) is 12.1 Å². The molecule has 0 aliphatic heterocycles. The van der Waals surface area contributed by atoms with Crippen LogP contribution in [0.1, 0.15) is 27.3 Å². The highest BCUT2D eigenvalue weighted by Crippen LogP contribution is 2.22. The molecule has 0 saturated carbocycles. The van der Waals surface area contributed by atoms with Crippen LogP contribution in [0.2, 0.25) is 0 Å². The lowest BCUT2D eigenvalue weighted by molar-refractivity contribution is 0.102. The van der Waals surface area contributed by atoms with Crippen LogP contribution in [-0.2, 0) is 6.54 Å². The van der Waals surface area contributed by atoms with E-state index in [0.717, 1.165) is 28.3 Å². The Hall–Kier alpha value is -3.67. The average molecular weight is 371 g/mol. The van der Waals surface area contributed by atoms with Crippen molar-refractivity contribution in [2.24, 2.45) is 0 Å². The van der Waals surface area contributed by atoms with Crippen LogP contribution >= 0.6 is 0 Å². The number of hydrogen-bond acceptors (Lipinski definition) is 3. The number of nitrogens with one attached hydrogen (secondary N) is 1. The molecule has 0 fully saturated rings. The molecular weight excluding hydrogens is 350 g/mol. The van der Waals surface area contributed by atoms with Crippen LogP contribution in [0.4, 0.5) is 5.69 Å². The topological polar surface area (TPSA) is 64.7 Å². The number of aromatic nitrogens is 4. The smallest absolute Gasteiger partial charge is 0.257 e. The molecule has 6 nitrogen and oxygen atoms in total. The van der Waals surface area contributed by atoms with Gasteiger partial charge in [0, 0.05) is 35.7 Å². The van der Waals surface area contributed by atoms with Crippen molar-refractivity contribution < 1.29 is 4.79 Å². The van der Waals surface area contributed by atoms with Crippen LogP contribution in [0.15, 0.2) is 73.3 Å². The molecule has 3 aromatic heterocycles. The Morgan fingerprint density at radius 2 is 1.96 bits per heavy atom. The van der Waals surface area contributed by atoms with Crippen molar-refractivity contribution in [3.8, 4) is 5.69 Å². The van der Waals surface area contributed by atoms with Crippen LogP contribution in [0.5, 0.6) is 0 Å². The Labute approximate surface area is 163 Å². The summed E-state index contributed by atoms with van der Waals surface area (Å²) < 4.78 is 3.89. The van der Waals surface area contributed by atoms with E-state index in [4.69, 9.17) is 0 Å². The van der Waals surface area contributed by atoms with Gasteiger partial charge in [-0.2, -0.15) is 5.10 Å². The highest BCUT2D eigenvalue weighted by atomic mass is 16.1. The van der Waals surface area contributed by atoms with Gasteiger partial charge in [0.1, 0.15) is 0 Å². The number of pyridine rings is 1. The summed E-state index contributed by atoms with van der Waals surface area (Å²) in [4.78, 5) is 17.1. The van der Waals surface area contributed by atoms with Crippen molar-refractivity contribution in [3.63, 3.8) is 0 Å². The number of carbonyl (C=O) groups is 1. The second-order valence-corrected chi connectivity index (χ2v) is 6.69. The number of amides is 1. The molecule has 0 unspecified atom stereocenters. The van der Waals surface area contributed by atoms with Crippen LogP contribution in [-0.4, -0.2) is 25.2 Å². The number of aryl methyl sites for hydroxylation is 1. The maximum atomic E-state index is 12.9. The van der Waals surface area contributed by atoms with Crippen molar-refractivity contribution in [2.75, 3.05) is 5.32 Å². The quantitative estimate of drug-likeness (QED) is 0.577. The minimum atomic E-state index is -0.125. The molecule has 1 aromatic carbocycles. The van der Waals surface area contributed by atoms with Gasteiger partial charge in [-0.1, -0.05) is 12.1 Å². The minimum Gasteiger partial charge on any atom is -0.322 e. The molecule has 0 aliphatic rings. The minimum absolute atomic E-state index is 0.125. The molecule has 140 valence electrons. The number of anilines is 1. The highest BCUT2D eigenvalue weighted by molar-refractivity contribution is 6.05. The molecular formula is C22H21N5O. The van der Waals surface area contributed by atoms with E-state index < -0.39 is 0 Å². The predicted molar refractivity (Wildman–Crippen MR) is 109 cm³/mol. The third-order valence-corrected chi connectivity index (χ3v) is 4.67. The number of rotatable bonds is 5. The van der Waals surface area contributed by atoms with Crippen LogP contribution < -0.4 is 5.32 Å². The first kappa shape index (κ1) is 17.7. The maximum Gasteiger partial charge on any atom is 0.257 e. The van der Waals surface area contributed by atoms with Crippen molar-refractivity contribution >= 4 is 11.6 Å². The molecule has 28 heavy (non-hydrogen) atoms. The molecule has 3 heterocycles. The summed E-state index contributed by atoms with van der Waals surface area (Å²) in [5, 5.41) is 7.24. The number of carbonyl (C=O) groups excluding carboxylic acids is 1. The van der Waals surface area contributed by atoms with Gasteiger partial charge in [-0.15, -0.1) is 0 Å². The van der Waals surface area contributed by atoms with Crippen molar-refractivity contribution in [1.82, 2.24) is 19.3 Å². The molecule has 1 amide bonds. The first-order chi connectivity index (χ1) is 13.6. The normalized spacial score (nSPS) is 10.8. The van der Waals surface area contributed by atoms with E-state index in [1.807, 2.05) is 77.8 Å². The Morgan fingerprint density at radius 3 is 2.71 bits per heavy atom. The Kier molecular flexibility index (Phi) is 4.76. The Bertz CT molecular complexity index is 1100. The summed E-state index contributed by atoms with van der Waals surface area (Å²) in [5.74, 6) is -0.125. The van der Waals surface area contributed by atoms with Gasteiger partial charge in [-0.25, -0.2) is 0 Å². The Balaban J connectivity index is 1.56. The fourth-order valence-corrected chi connectivity index (χ4v) is 3.40. The van der Waals surface area contributed by atoms with E-state index in [1.54, 1.807) is 18.6 Å². The van der Waals surface area contributed by atoms with E-state index in [1.165, 1.54) is 0 Å². The average Bonchev–Trinajstić information content (AvgIpc) is 3.30. The molecule has 6 heteroatoms. The summed E-state index contributed by atoms with van der Waals surface area (Å²) in [6, 6.07) is 15.5. The third kappa shape index (κ3) is 3.57. The zero-order valence-corrected chi connectivity index (χ0v) is 15.8. The van der Waals surface area contributed by atoms with Crippen LogP contribution in [0.25, 0.3) is 5.69 Å². The molecule has 4 rings (SSSR count). The van der Waals surface area contributed by atoms with Gasteiger partial charge in [0.25, 0.3) is 5.91 Å². The second kappa shape index (κ2) is 7.52. The fourth-order valence-electron chi connectivity index (χ4n) is 3.40. The summed E-state index contributed by atoms with van der Waals surface area (Å²) in [7, 11) is 0. The molecule has 0 spiro atoms. The van der Waals surface area contributed by atoms with Gasteiger partial charge in [0.15, 0.2) is 0 Å². The van der Waals surface area contributed by atoms with Gasteiger partial charge in [0.05, 0.1) is 24.0 Å². The van der Waals surface area contributed by atoms with Crippen molar-refractivity contribution in [2.45, 2.75) is 20.4 Å². The van der Waals surface area contributed by atoms with E-state index in [2.05, 4.69) is 15.4 Å². The lowest BCUT2D eigenvalue weighted by Crippen LogP contribution is -2.13. The Morgan fingerprint density at radius 1 is 1.07 bits per heavy atom. The molecule has 0 bridgehead atoms. The third-order valence-electron chi connectivity index (χ3n) is 4.67. The maximum absolute atomic E-state index is 12.9. The van der Waals surface area contributed by atoms with Gasteiger partial charge in [-0.3, -0.25) is 14.5 Å². The number of benzene rings is 1. The van der Waals surface area contributed by atoms with Crippen molar-refractivity contribution in [1.29, 1.82) is 0 Å². The second-order valence-electron chi connectivity index (χ2n) is 6.69. The standard InChI is InChI=1S/C22H21N5O/c1-16-12-21(17(2)27(16)20-8-4-9-23-14-20)22(28)25-19-7-3-6-18(13-19)15-26-11-5-10-24-26/h3-14H,15H2,1-2H3,(H,25,28). The predicted octanol–water partition coefficient (Wildman–Crippen LogP) is 3.99. The highest BCUT2D eigenvalue weighted by Gasteiger charge is 2.17. The summed E-state index contributed by atoms with van der Waals surface area (Å²) >= 11 is 0. The first-order valence-electron chi connectivity index (χ1n) is 9.09. The molecule has 1 N–H and O–H groups in total. The SMILES string of the molecule is Cc1cc(C(=O)Nc2cccc(Cn3cccn3)c2)c(C)n1-c1cccnc1. The lowest BCUT2D eigenvalue weighted by Gasteiger charge is -2.10. The van der Waals surface area contributed by atoms with E-state index >= 15 is 0 Å². The van der Waals surface area contributed by atoms with Gasteiger partial charge in [-0.05, 0) is 55.8 Å². The summed E-state index contributed by atoms with van der Waals surface area (Å²) in [6.07, 6.45) is 7.20. The fraction of sp³-hybridized carbons (Fsp3) is 0.136. The summed E-state index contributed by atoms with van der Waals surface area (Å²) in [6.45, 7) is 4.59. The number of hydrogen-bond donors (Lipinski definition) is 1. The largest absolute Gasteiger partial charge is 0.322 e. The summed E-state index contributed by atoms with van der Waals surface area (Å²) in [5.41, 5.74) is 5.30. The molecule has 4 aromatic rings. The van der Waals surface area contributed by atoms with Crippen molar-refractivity contribution in [3.05, 3.63) is 95.8 Å².